The van der Waals surface area contributed by atoms with Gasteiger partial charge in [-0.15, -0.1) is 11.3 Å². The molecule has 1 aromatic heterocycles. The Kier molecular flexibility index (Phi) is 7.76. The van der Waals surface area contributed by atoms with E-state index in [1.165, 1.54) is 26.4 Å². The number of thiophene rings is 1. The average molecular weight is 607 g/mol. The molecule has 1 N–H and O–H groups in total. The van der Waals surface area contributed by atoms with Crippen LogP contribution < -0.4 is 9.47 Å². The Hall–Kier alpha value is -5.39. The van der Waals surface area contributed by atoms with E-state index in [-0.39, 0.29) is 0 Å². The fourth-order valence-corrected chi connectivity index (χ4v) is 6.71. The van der Waals surface area contributed by atoms with Gasteiger partial charge in [0, 0.05) is 20.9 Å². The molecule has 220 valence electrons. The predicted molar refractivity (Wildman–Crippen MR) is 184 cm³/mol. The van der Waals surface area contributed by atoms with E-state index < -0.39 is 12.6 Å². The molecule has 4 nitrogen and oxygen atoms in total. The van der Waals surface area contributed by atoms with Gasteiger partial charge in [0.25, 0.3) is 0 Å². The van der Waals surface area contributed by atoms with Gasteiger partial charge in [-0.1, -0.05) is 115 Å². The number of aryl methyl sites for hydroxylation is 1. The average Bonchev–Trinajstić information content (AvgIpc) is 3.57. The van der Waals surface area contributed by atoms with Gasteiger partial charge >= 0.3 is 5.97 Å². The minimum atomic E-state index is -1.03. The van der Waals surface area contributed by atoms with E-state index in [0.29, 0.717) is 18.1 Å². The van der Waals surface area contributed by atoms with E-state index >= 15 is 0 Å². The number of carboxylic acids is 1. The summed E-state index contributed by atoms with van der Waals surface area (Å²) in [6, 6.07) is 45.6. The Morgan fingerprint density at radius 2 is 1.11 bits per heavy atom. The van der Waals surface area contributed by atoms with E-state index in [9.17, 15) is 9.90 Å². The maximum absolute atomic E-state index is 11.5. The molecule has 0 fully saturated rings. The van der Waals surface area contributed by atoms with E-state index in [2.05, 4.69) is 85.8 Å². The van der Waals surface area contributed by atoms with Crippen LogP contribution in [0.2, 0.25) is 0 Å². The van der Waals surface area contributed by atoms with Crippen molar-refractivity contribution in [2.45, 2.75) is 13.5 Å². The molecule has 0 radical (unpaired) electrons. The van der Waals surface area contributed by atoms with Crippen LogP contribution in [0.15, 0.2) is 133 Å². The first kappa shape index (κ1) is 28.4. The smallest absolute Gasteiger partial charge is 0.341 e. The maximum atomic E-state index is 11.5. The highest BCUT2D eigenvalue weighted by molar-refractivity contribution is 7.18. The van der Waals surface area contributed by atoms with Gasteiger partial charge in [0.15, 0.2) is 6.61 Å². The molecule has 7 aromatic rings. The molecule has 0 saturated carbocycles. The number of ether oxygens (including phenoxy) is 2. The number of hydrogen-bond donors (Lipinski definition) is 1. The molecule has 5 heteroatoms. The summed E-state index contributed by atoms with van der Waals surface area (Å²) in [6.45, 7) is 2.05. The molecule has 6 aromatic carbocycles. The standard InChI is InChI=1S/C40H30O4S/c1-26-10-14-30(15-11-26)36-22-23-37(45-36)31-16-12-27(13-17-31)24-43-34-20-18-28-6-2-4-8-32(28)39(34)40-33-9-5-3-7-29(33)19-21-35(40)44-25-38(41)42/h2-23H,24-25H2,1H3,(H,41,42). The van der Waals surface area contributed by atoms with Crippen LogP contribution in [-0.2, 0) is 11.4 Å². The zero-order valence-corrected chi connectivity index (χ0v) is 25.5. The van der Waals surface area contributed by atoms with Crippen molar-refractivity contribution < 1.29 is 19.4 Å². The molecule has 0 bridgehead atoms. The molecular formula is C40H30O4S. The maximum Gasteiger partial charge on any atom is 0.341 e. The SMILES string of the molecule is Cc1ccc(-c2ccc(-c3ccc(COc4ccc5ccccc5c4-c4c(OCC(=O)O)ccc5ccccc45)cc3)s2)cc1. The van der Waals surface area contributed by atoms with E-state index in [4.69, 9.17) is 9.47 Å². The molecule has 0 atom stereocenters. The Labute approximate surface area is 265 Å². The van der Waals surface area contributed by atoms with Crippen molar-refractivity contribution in [1.82, 2.24) is 0 Å². The highest BCUT2D eigenvalue weighted by atomic mass is 32.1. The third-order valence-corrected chi connectivity index (χ3v) is 9.14. The molecule has 1 heterocycles. The summed E-state index contributed by atoms with van der Waals surface area (Å²) in [5.74, 6) is 0.179. The number of hydrogen-bond acceptors (Lipinski definition) is 4. The van der Waals surface area contributed by atoms with Crippen LogP contribution in [0.3, 0.4) is 0 Å². The van der Waals surface area contributed by atoms with Gasteiger partial charge in [0.1, 0.15) is 18.1 Å². The van der Waals surface area contributed by atoms with Gasteiger partial charge in [-0.25, -0.2) is 4.79 Å². The Bertz CT molecular complexity index is 2140. The normalized spacial score (nSPS) is 11.1. The second-order valence-electron chi connectivity index (χ2n) is 11.0. The molecule has 0 amide bonds. The van der Waals surface area contributed by atoms with E-state index in [1.54, 1.807) is 11.3 Å². The minimum absolute atomic E-state index is 0.376. The van der Waals surface area contributed by atoms with Crippen LogP contribution in [0, 0.1) is 6.92 Å². The lowest BCUT2D eigenvalue weighted by Gasteiger charge is -2.19. The molecule has 0 spiro atoms. The molecule has 0 aliphatic heterocycles. The molecule has 7 rings (SSSR count). The van der Waals surface area contributed by atoms with Gasteiger partial charge in [0.05, 0.1) is 0 Å². The van der Waals surface area contributed by atoms with Crippen molar-refractivity contribution in [2.75, 3.05) is 6.61 Å². The van der Waals surface area contributed by atoms with Crippen LogP contribution in [0.25, 0.3) is 53.6 Å². The summed E-state index contributed by atoms with van der Waals surface area (Å²) in [6.07, 6.45) is 0. The van der Waals surface area contributed by atoms with E-state index in [0.717, 1.165) is 38.2 Å². The summed E-state index contributed by atoms with van der Waals surface area (Å²) in [4.78, 5) is 13.9. The first-order valence-corrected chi connectivity index (χ1v) is 15.6. The Morgan fingerprint density at radius 3 is 1.67 bits per heavy atom. The lowest BCUT2D eigenvalue weighted by Crippen LogP contribution is -2.10. The van der Waals surface area contributed by atoms with Crippen molar-refractivity contribution in [3.63, 3.8) is 0 Å². The van der Waals surface area contributed by atoms with Crippen molar-refractivity contribution in [1.29, 1.82) is 0 Å². The predicted octanol–water partition coefficient (Wildman–Crippen LogP) is 10.4. The fraction of sp³-hybridized carbons (Fsp3) is 0.0750. The van der Waals surface area contributed by atoms with Crippen LogP contribution in [0.4, 0.5) is 0 Å². The Morgan fingerprint density at radius 1 is 0.600 bits per heavy atom. The second-order valence-corrected chi connectivity index (χ2v) is 12.1. The van der Waals surface area contributed by atoms with Crippen LogP contribution in [-0.4, -0.2) is 17.7 Å². The summed E-state index contributed by atoms with van der Waals surface area (Å²) < 4.78 is 12.4. The lowest BCUT2D eigenvalue weighted by atomic mass is 9.92. The molecule has 0 saturated heterocycles. The largest absolute Gasteiger partial charge is 0.488 e. The van der Waals surface area contributed by atoms with Crippen LogP contribution in [0.5, 0.6) is 11.5 Å². The number of carboxylic acid groups (broad SMARTS) is 1. The molecular weight excluding hydrogens is 577 g/mol. The summed E-state index contributed by atoms with van der Waals surface area (Å²) >= 11 is 1.79. The van der Waals surface area contributed by atoms with Gasteiger partial charge in [0.2, 0.25) is 0 Å². The lowest BCUT2D eigenvalue weighted by molar-refractivity contribution is -0.139. The second kappa shape index (κ2) is 12.3. The van der Waals surface area contributed by atoms with Gasteiger partial charge in [-0.3, -0.25) is 0 Å². The molecule has 0 aliphatic rings. The van der Waals surface area contributed by atoms with Gasteiger partial charge in [-0.05, 0) is 69.4 Å². The number of fused-ring (bicyclic) bond motifs is 2. The number of rotatable bonds is 9. The van der Waals surface area contributed by atoms with Crippen molar-refractivity contribution in [2.24, 2.45) is 0 Å². The van der Waals surface area contributed by atoms with Crippen LogP contribution >= 0.6 is 11.3 Å². The molecule has 0 aliphatic carbocycles. The highest BCUT2D eigenvalue weighted by Crippen LogP contribution is 2.45. The third kappa shape index (κ3) is 5.91. The first-order valence-electron chi connectivity index (χ1n) is 14.8. The number of aliphatic carboxylic acids is 1. The van der Waals surface area contributed by atoms with Crippen LogP contribution in [0.1, 0.15) is 11.1 Å². The van der Waals surface area contributed by atoms with Crippen molar-refractivity contribution >= 4 is 38.9 Å². The van der Waals surface area contributed by atoms with Gasteiger partial charge in [-0.2, -0.15) is 0 Å². The van der Waals surface area contributed by atoms with Gasteiger partial charge < -0.3 is 14.6 Å². The molecule has 45 heavy (non-hydrogen) atoms. The van der Waals surface area contributed by atoms with Crippen molar-refractivity contribution in [3.8, 4) is 43.5 Å². The molecule has 0 unspecified atom stereocenters. The Balaban J connectivity index is 1.22. The highest BCUT2D eigenvalue weighted by Gasteiger charge is 2.20. The fourth-order valence-electron chi connectivity index (χ4n) is 5.69. The summed E-state index contributed by atoms with van der Waals surface area (Å²) in [5, 5.41) is 13.4. The minimum Gasteiger partial charge on any atom is -0.488 e. The quantitative estimate of drug-likeness (QED) is 0.178. The summed E-state index contributed by atoms with van der Waals surface area (Å²) in [5.41, 5.74) is 6.41. The zero-order chi connectivity index (χ0) is 30.8. The third-order valence-electron chi connectivity index (χ3n) is 7.96. The monoisotopic (exact) mass is 606 g/mol. The van der Waals surface area contributed by atoms with E-state index in [1.807, 2.05) is 54.6 Å². The number of benzene rings is 6. The first-order chi connectivity index (χ1) is 22.0. The van der Waals surface area contributed by atoms with Crippen molar-refractivity contribution in [3.05, 3.63) is 145 Å². The zero-order valence-electron chi connectivity index (χ0n) is 24.7. The summed E-state index contributed by atoms with van der Waals surface area (Å²) in [7, 11) is 0. The topological polar surface area (TPSA) is 55.8 Å². The number of carbonyl (C=O) groups is 1.